The molecule has 0 heterocycles. The minimum atomic E-state index is -0.669. The van der Waals surface area contributed by atoms with Gasteiger partial charge in [0, 0.05) is 12.5 Å². The molecule has 0 radical (unpaired) electrons. The van der Waals surface area contributed by atoms with E-state index in [9.17, 15) is 4.79 Å². The van der Waals surface area contributed by atoms with Crippen molar-refractivity contribution in [2.24, 2.45) is 5.73 Å². The summed E-state index contributed by atoms with van der Waals surface area (Å²) in [4.78, 5) is 10.3. The fourth-order valence-corrected chi connectivity index (χ4v) is 1.95. The van der Waals surface area contributed by atoms with E-state index >= 15 is 0 Å². The largest absolute Gasteiger partial charge is 0.481 e. The van der Waals surface area contributed by atoms with Gasteiger partial charge < -0.3 is 10.8 Å². The van der Waals surface area contributed by atoms with E-state index in [1.807, 2.05) is 0 Å². The maximum atomic E-state index is 10.3. The van der Waals surface area contributed by atoms with Crippen LogP contribution in [0.5, 0.6) is 0 Å². The van der Waals surface area contributed by atoms with Crippen LogP contribution in [0, 0.1) is 0 Å². The molecule has 0 amide bonds. The van der Waals surface area contributed by atoms with Gasteiger partial charge in [-0.2, -0.15) is 0 Å². The number of hydrogen-bond acceptors (Lipinski definition) is 2. The lowest BCUT2D eigenvalue weighted by Crippen LogP contribution is -2.17. The first-order chi connectivity index (χ1) is 8.16. The molecule has 0 aliphatic rings. The highest BCUT2D eigenvalue weighted by Gasteiger charge is 1.99. The zero-order valence-corrected chi connectivity index (χ0v) is 11.3. The molecule has 0 bridgehead atoms. The Labute approximate surface area is 106 Å². The van der Waals surface area contributed by atoms with E-state index in [1.165, 1.54) is 38.5 Å². The van der Waals surface area contributed by atoms with Crippen molar-refractivity contribution in [2.45, 2.75) is 83.6 Å². The number of hydrogen-bond donors (Lipinski definition) is 2. The Bertz CT molecular complexity index is 183. The molecule has 102 valence electrons. The molecule has 3 heteroatoms. The second kappa shape index (κ2) is 11.9. The number of rotatable bonds is 12. The average Bonchev–Trinajstić information content (AvgIpc) is 2.30. The van der Waals surface area contributed by atoms with Gasteiger partial charge in [0.2, 0.25) is 0 Å². The first-order valence-electron chi connectivity index (χ1n) is 7.14. The summed E-state index contributed by atoms with van der Waals surface area (Å²) in [7, 11) is 0. The van der Waals surface area contributed by atoms with Gasteiger partial charge in [-0.3, -0.25) is 4.79 Å². The molecule has 3 N–H and O–H groups in total. The fourth-order valence-electron chi connectivity index (χ4n) is 1.95. The molecule has 0 spiro atoms. The number of carboxylic acid groups (broad SMARTS) is 1. The normalized spacial score (nSPS) is 12.6. The smallest absolute Gasteiger partial charge is 0.303 e. The molecule has 0 fully saturated rings. The van der Waals surface area contributed by atoms with Gasteiger partial charge in [0.15, 0.2) is 0 Å². The quantitative estimate of drug-likeness (QED) is 0.514. The molecule has 0 saturated heterocycles. The van der Waals surface area contributed by atoms with Gasteiger partial charge >= 0.3 is 5.97 Å². The molecule has 0 aromatic heterocycles. The molecule has 1 atom stereocenters. The summed E-state index contributed by atoms with van der Waals surface area (Å²) in [6.07, 6.45) is 12.0. The third-order valence-corrected chi connectivity index (χ3v) is 3.24. The highest BCUT2D eigenvalue weighted by atomic mass is 16.4. The first kappa shape index (κ1) is 16.4. The van der Waals surface area contributed by atoms with E-state index in [2.05, 4.69) is 6.92 Å². The van der Waals surface area contributed by atoms with Crippen molar-refractivity contribution in [3.8, 4) is 0 Å². The van der Waals surface area contributed by atoms with E-state index in [0.29, 0.717) is 12.5 Å². The summed E-state index contributed by atoms with van der Waals surface area (Å²) < 4.78 is 0. The summed E-state index contributed by atoms with van der Waals surface area (Å²) >= 11 is 0. The Kier molecular flexibility index (Phi) is 11.5. The van der Waals surface area contributed by atoms with Crippen molar-refractivity contribution >= 4 is 5.97 Å². The van der Waals surface area contributed by atoms with E-state index in [0.717, 1.165) is 25.7 Å². The van der Waals surface area contributed by atoms with Gasteiger partial charge in [-0.1, -0.05) is 51.9 Å². The lowest BCUT2D eigenvalue weighted by Gasteiger charge is -2.07. The lowest BCUT2D eigenvalue weighted by atomic mass is 10.0. The Morgan fingerprint density at radius 2 is 1.47 bits per heavy atom. The fraction of sp³-hybridized carbons (Fsp3) is 0.929. The summed E-state index contributed by atoms with van der Waals surface area (Å²) in [6, 6.07) is 0.394. The van der Waals surface area contributed by atoms with Crippen LogP contribution in [-0.4, -0.2) is 17.1 Å². The maximum Gasteiger partial charge on any atom is 0.303 e. The van der Waals surface area contributed by atoms with Crippen LogP contribution in [0.3, 0.4) is 0 Å². The summed E-state index contributed by atoms with van der Waals surface area (Å²) in [5.41, 5.74) is 5.85. The minimum Gasteiger partial charge on any atom is -0.481 e. The number of carboxylic acids is 1. The van der Waals surface area contributed by atoms with Crippen molar-refractivity contribution in [2.75, 3.05) is 0 Å². The van der Waals surface area contributed by atoms with Crippen LogP contribution in [0.2, 0.25) is 0 Å². The predicted octanol–water partition coefficient (Wildman–Crippen LogP) is 3.71. The van der Waals surface area contributed by atoms with Crippen molar-refractivity contribution in [1.29, 1.82) is 0 Å². The zero-order valence-electron chi connectivity index (χ0n) is 11.3. The van der Waals surface area contributed by atoms with Crippen molar-refractivity contribution in [3.63, 3.8) is 0 Å². The highest BCUT2D eigenvalue weighted by molar-refractivity contribution is 5.66. The van der Waals surface area contributed by atoms with E-state index in [1.54, 1.807) is 0 Å². The molecule has 1 unspecified atom stereocenters. The van der Waals surface area contributed by atoms with Gasteiger partial charge in [-0.25, -0.2) is 0 Å². The van der Waals surface area contributed by atoms with E-state index in [-0.39, 0.29) is 0 Å². The SMILES string of the molecule is CCC(N)CCCCCCCCCCC(=O)O. The third-order valence-electron chi connectivity index (χ3n) is 3.24. The van der Waals surface area contributed by atoms with Gasteiger partial charge in [-0.15, -0.1) is 0 Å². The first-order valence-corrected chi connectivity index (χ1v) is 7.14. The zero-order chi connectivity index (χ0) is 12.9. The van der Waals surface area contributed by atoms with Gasteiger partial charge in [-0.05, 0) is 19.3 Å². The molecule has 0 rings (SSSR count). The molecule has 0 aliphatic heterocycles. The van der Waals surface area contributed by atoms with Crippen LogP contribution in [0.15, 0.2) is 0 Å². The number of aliphatic carboxylic acids is 1. The number of carbonyl (C=O) groups is 1. The Morgan fingerprint density at radius 1 is 1.00 bits per heavy atom. The Balaban J connectivity index is 3.01. The van der Waals surface area contributed by atoms with Crippen molar-refractivity contribution < 1.29 is 9.90 Å². The van der Waals surface area contributed by atoms with E-state index < -0.39 is 5.97 Å². The van der Waals surface area contributed by atoms with Gasteiger partial charge in [0.05, 0.1) is 0 Å². The molecule has 0 saturated carbocycles. The van der Waals surface area contributed by atoms with Gasteiger partial charge in [0.1, 0.15) is 0 Å². The van der Waals surface area contributed by atoms with Crippen LogP contribution in [0.1, 0.15) is 77.6 Å². The van der Waals surface area contributed by atoms with Crippen LogP contribution < -0.4 is 5.73 Å². The van der Waals surface area contributed by atoms with E-state index in [4.69, 9.17) is 10.8 Å². The monoisotopic (exact) mass is 243 g/mol. The average molecular weight is 243 g/mol. The Morgan fingerprint density at radius 3 is 1.94 bits per heavy atom. The predicted molar refractivity (Wildman–Crippen MR) is 72.1 cm³/mol. The number of nitrogens with two attached hydrogens (primary N) is 1. The molecular weight excluding hydrogens is 214 g/mol. The maximum absolute atomic E-state index is 10.3. The molecule has 0 aliphatic carbocycles. The van der Waals surface area contributed by atoms with Crippen LogP contribution in [0.25, 0.3) is 0 Å². The van der Waals surface area contributed by atoms with Crippen molar-refractivity contribution in [1.82, 2.24) is 0 Å². The topological polar surface area (TPSA) is 63.3 Å². The second-order valence-corrected chi connectivity index (χ2v) is 4.93. The Hall–Kier alpha value is -0.570. The standard InChI is InChI=1S/C14H29NO2/c1-2-13(15)11-9-7-5-3-4-6-8-10-12-14(16)17/h13H,2-12,15H2,1H3,(H,16,17). The van der Waals surface area contributed by atoms with Crippen LogP contribution >= 0.6 is 0 Å². The van der Waals surface area contributed by atoms with Crippen LogP contribution in [-0.2, 0) is 4.79 Å². The van der Waals surface area contributed by atoms with Crippen LogP contribution in [0.4, 0.5) is 0 Å². The molecule has 17 heavy (non-hydrogen) atoms. The summed E-state index contributed by atoms with van der Waals surface area (Å²) in [5.74, 6) is -0.669. The molecule has 0 aromatic carbocycles. The third kappa shape index (κ3) is 13.4. The van der Waals surface area contributed by atoms with Gasteiger partial charge in [0.25, 0.3) is 0 Å². The number of unbranched alkanes of at least 4 members (excludes halogenated alkanes) is 7. The van der Waals surface area contributed by atoms with Crippen molar-refractivity contribution in [3.05, 3.63) is 0 Å². The highest BCUT2D eigenvalue weighted by Crippen LogP contribution is 2.11. The lowest BCUT2D eigenvalue weighted by molar-refractivity contribution is -0.137. The molecular formula is C14H29NO2. The molecule has 3 nitrogen and oxygen atoms in total. The second-order valence-electron chi connectivity index (χ2n) is 4.93. The minimum absolute atomic E-state index is 0.328. The summed E-state index contributed by atoms with van der Waals surface area (Å²) in [6.45, 7) is 2.14. The summed E-state index contributed by atoms with van der Waals surface area (Å²) in [5, 5.41) is 8.47. The molecule has 0 aromatic rings.